The van der Waals surface area contributed by atoms with E-state index in [1.807, 2.05) is 44.2 Å². The van der Waals surface area contributed by atoms with Crippen molar-refractivity contribution in [1.29, 1.82) is 5.26 Å². The summed E-state index contributed by atoms with van der Waals surface area (Å²) in [5.41, 5.74) is 2.36. The number of benzene rings is 2. The molecule has 1 saturated carbocycles. The average molecular weight is 707 g/mol. The predicted octanol–water partition coefficient (Wildman–Crippen LogP) is 6.26. The first-order valence-electron chi connectivity index (χ1n) is 18.3. The van der Waals surface area contributed by atoms with Gasteiger partial charge < -0.3 is 24.0 Å². The number of anilines is 1. The summed E-state index contributed by atoms with van der Waals surface area (Å²) in [7, 11) is 0. The van der Waals surface area contributed by atoms with E-state index in [-0.39, 0.29) is 30.0 Å². The molecule has 2 aromatic heterocycles. The number of imidazole rings is 1. The normalized spacial score (nSPS) is 17.6. The van der Waals surface area contributed by atoms with Crippen molar-refractivity contribution in [1.82, 2.24) is 19.4 Å². The van der Waals surface area contributed by atoms with Gasteiger partial charge in [0, 0.05) is 55.9 Å². The van der Waals surface area contributed by atoms with Gasteiger partial charge in [0.1, 0.15) is 35.2 Å². The molecule has 0 amide bonds. The predicted molar refractivity (Wildman–Crippen MR) is 197 cm³/mol. The van der Waals surface area contributed by atoms with Gasteiger partial charge in [-0.15, -0.1) is 0 Å². The van der Waals surface area contributed by atoms with Gasteiger partial charge in [0.05, 0.1) is 41.9 Å². The molecule has 3 aliphatic rings. The van der Waals surface area contributed by atoms with E-state index >= 15 is 0 Å². The van der Waals surface area contributed by atoms with Crippen LogP contribution in [-0.2, 0) is 24.4 Å². The highest BCUT2D eigenvalue weighted by atomic mass is 19.1. The Kier molecular flexibility index (Phi) is 11.6. The fraction of sp³-hybridized carbons (Fsp3) is 0.463. The number of carbonyl (C=O) groups is 1. The fourth-order valence-electron chi connectivity index (χ4n) is 6.47. The Hall–Kier alpha value is -4.81. The van der Waals surface area contributed by atoms with Crippen molar-refractivity contribution in [3.63, 3.8) is 0 Å². The molecular weight excluding hydrogens is 659 g/mol. The van der Waals surface area contributed by atoms with Gasteiger partial charge in [0.25, 0.3) is 0 Å². The van der Waals surface area contributed by atoms with E-state index in [0.717, 1.165) is 81.1 Å². The van der Waals surface area contributed by atoms with Crippen LogP contribution in [0.2, 0.25) is 0 Å². The molecule has 2 aliphatic heterocycles. The standard InChI is InChI=1S/C39H41FN6O4.C2H6/c1-39(2,48)13-11-28-20-30(38(47)27-5-3-6-27)21-33-37(28)43-35(46(33)23-31-12-18-49-31)24-44-14-16-45(17-15-44)34-7-4-8-36(42-34)50-25-29-10-9-26(22-41)19-32(29)40;1-2/h4,7-10,19-21,27,31,48H,3,5-6,12,14-18,23-25H2,1-2H3;1-2H3/t31-;/m0./s1. The third-order valence-electron chi connectivity index (χ3n) is 9.70. The monoisotopic (exact) mass is 706 g/mol. The number of aromatic nitrogens is 3. The van der Waals surface area contributed by atoms with Crippen molar-refractivity contribution in [3.05, 3.63) is 82.4 Å². The van der Waals surface area contributed by atoms with Crippen LogP contribution in [0.4, 0.5) is 10.2 Å². The molecule has 0 spiro atoms. The van der Waals surface area contributed by atoms with Crippen molar-refractivity contribution < 1.29 is 23.8 Å². The summed E-state index contributed by atoms with van der Waals surface area (Å²) in [4.78, 5) is 27.8. The van der Waals surface area contributed by atoms with Gasteiger partial charge in [0.2, 0.25) is 5.88 Å². The molecule has 0 radical (unpaired) electrons. The molecule has 1 aliphatic carbocycles. The minimum atomic E-state index is -1.19. The number of hydrogen-bond acceptors (Lipinski definition) is 9. The number of carbonyl (C=O) groups excluding carboxylic acids is 1. The number of fused-ring (bicyclic) bond motifs is 1. The van der Waals surface area contributed by atoms with Crippen LogP contribution in [0.25, 0.3) is 11.0 Å². The summed E-state index contributed by atoms with van der Waals surface area (Å²) in [6.45, 7) is 12.4. The summed E-state index contributed by atoms with van der Waals surface area (Å²) in [5.74, 6) is 7.90. The molecule has 1 N–H and O–H groups in total. The zero-order valence-corrected chi connectivity index (χ0v) is 30.5. The largest absolute Gasteiger partial charge is 0.473 e. The number of ketones is 1. The third kappa shape index (κ3) is 8.62. The van der Waals surface area contributed by atoms with Gasteiger partial charge in [-0.1, -0.05) is 44.2 Å². The van der Waals surface area contributed by atoms with E-state index < -0.39 is 11.4 Å². The van der Waals surface area contributed by atoms with E-state index in [1.165, 1.54) is 6.07 Å². The van der Waals surface area contributed by atoms with Gasteiger partial charge in [-0.2, -0.15) is 10.2 Å². The Balaban J connectivity index is 0.00000228. The van der Waals surface area contributed by atoms with Gasteiger partial charge in [-0.05, 0) is 63.4 Å². The lowest BCUT2D eigenvalue weighted by Gasteiger charge is -2.35. The van der Waals surface area contributed by atoms with Crippen molar-refractivity contribution in [2.24, 2.45) is 5.92 Å². The van der Waals surface area contributed by atoms with E-state index in [2.05, 4.69) is 31.2 Å². The maximum Gasteiger partial charge on any atom is 0.215 e. The Bertz CT molecular complexity index is 2000. The summed E-state index contributed by atoms with van der Waals surface area (Å²) in [6.07, 6.45) is 3.98. The van der Waals surface area contributed by atoms with Gasteiger partial charge >= 0.3 is 0 Å². The molecule has 4 heterocycles. The number of aliphatic hydroxyl groups is 1. The molecule has 0 bridgehead atoms. The molecule has 272 valence electrons. The van der Waals surface area contributed by atoms with Crippen molar-refractivity contribution in [3.8, 4) is 23.8 Å². The zero-order valence-electron chi connectivity index (χ0n) is 30.5. The quantitative estimate of drug-likeness (QED) is 0.151. The molecule has 10 nitrogen and oxygen atoms in total. The molecule has 1 atom stereocenters. The molecule has 7 rings (SSSR count). The summed E-state index contributed by atoms with van der Waals surface area (Å²) in [5, 5.41) is 19.4. The lowest BCUT2D eigenvalue weighted by Crippen LogP contribution is -2.46. The van der Waals surface area contributed by atoms with E-state index in [0.29, 0.717) is 35.7 Å². The van der Waals surface area contributed by atoms with E-state index in [9.17, 15) is 14.3 Å². The molecular formula is C41H47FN6O4. The summed E-state index contributed by atoms with van der Waals surface area (Å²) < 4.78 is 28.2. The number of nitrogens with zero attached hydrogens (tertiary/aromatic N) is 6. The smallest absolute Gasteiger partial charge is 0.215 e. The molecule has 2 aromatic carbocycles. The fourth-order valence-corrected chi connectivity index (χ4v) is 6.47. The zero-order chi connectivity index (χ0) is 36.8. The van der Waals surface area contributed by atoms with Crippen LogP contribution in [0, 0.1) is 34.9 Å². The van der Waals surface area contributed by atoms with Crippen LogP contribution in [0.15, 0.2) is 48.5 Å². The Morgan fingerprint density at radius 2 is 1.85 bits per heavy atom. The molecule has 3 fully saturated rings. The molecule has 2 saturated heterocycles. The third-order valence-corrected chi connectivity index (χ3v) is 9.70. The summed E-state index contributed by atoms with van der Waals surface area (Å²) >= 11 is 0. The number of hydrogen-bond donors (Lipinski definition) is 1. The molecule has 0 unspecified atom stereocenters. The number of pyridine rings is 1. The van der Waals surface area contributed by atoms with Crippen molar-refractivity contribution >= 4 is 22.6 Å². The number of Topliss-reactive ketones (excluding diaryl/α,β-unsaturated/α-hetero) is 1. The SMILES string of the molecule is CC.CC(C)(O)C#Cc1cc(C(=O)C2CCC2)cc2c1nc(CN1CCN(c3cccc(OCc4ccc(C#N)cc4F)n3)CC1)n2C[C@@H]1CCO1. The number of halogens is 1. The van der Waals surface area contributed by atoms with Gasteiger partial charge in [0.15, 0.2) is 5.78 Å². The highest BCUT2D eigenvalue weighted by Crippen LogP contribution is 2.33. The first-order valence-corrected chi connectivity index (χ1v) is 18.3. The lowest BCUT2D eigenvalue weighted by molar-refractivity contribution is -0.0592. The molecule has 11 heteroatoms. The van der Waals surface area contributed by atoms with Crippen LogP contribution >= 0.6 is 0 Å². The number of piperazine rings is 1. The molecule has 4 aromatic rings. The average Bonchev–Trinajstić information content (AvgIpc) is 3.44. The summed E-state index contributed by atoms with van der Waals surface area (Å²) in [6, 6.07) is 15.7. The minimum Gasteiger partial charge on any atom is -0.473 e. The van der Waals surface area contributed by atoms with E-state index in [1.54, 1.807) is 32.0 Å². The second-order valence-electron chi connectivity index (χ2n) is 13.9. The maximum absolute atomic E-state index is 14.4. The highest BCUT2D eigenvalue weighted by Gasteiger charge is 2.29. The van der Waals surface area contributed by atoms with Crippen LogP contribution < -0.4 is 9.64 Å². The van der Waals surface area contributed by atoms with Crippen molar-refractivity contribution in [2.45, 2.75) is 84.8 Å². The first kappa shape index (κ1) is 37.0. The number of rotatable bonds is 10. The topological polar surface area (TPSA) is 117 Å². The van der Waals surface area contributed by atoms with Crippen LogP contribution in [-0.4, -0.2) is 74.8 Å². The number of nitriles is 1. The molecule has 52 heavy (non-hydrogen) atoms. The van der Waals surface area contributed by atoms with Crippen LogP contribution in [0.3, 0.4) is 0 Å². The van der Waals surface area contributed by atoms with Gasteiger partial charge in [-0.25, -0.2) is 9.37 Å². The number of ether oxygens (including phenoxy) is 2. The second kappa shape index (κ2) is 16.2. The Morgan fingerprint density at radius 1 is 1.08 bits per heavy atom. The Labute approximate surface area is 305 Å². The highest BCUT2D eigenvalue weighted by molar-refractivity contribution is 6.02. The first-order chi connectivity index (χ1) is 25.1. The second-order valence-corrected chi connectivity index (χ2v) is 13.9. The minimum absolute atomic E-state index is 0.00988. The Morgan fingerprint density at radius 3 is 2.48 bits per heavy atom. The van der Waals surface area contributed by atoms with Gasteiger partial charge in [-0.3, -0.25) is 9.69 Å². The van der Waals surface area contributed by atoms with Crippen molar-refractivity contribution in [2.75, 3.05) is 37.7 Å². The lowest BCUT2D eigenvalue weighted by atomic mass is 9.79. The maximum atomic E-state index is 14.4. The van der Waals surface area contributed by atoms with E-state index in [4.69, 9.17) is 19.7 Å². The van der Waals surface area contributed by atoms with Crippen LogP contribution in [0.1, 0.15) is 86.3 Å². The van der Waals surface area contributed by atoms with Crippen LogP contribution in [0.5, 0.6) is 5.88 Å².